The zero-order chi connectivity index (χ0) is 15.6. The Hall–Kier alpha value is -3.05. The number of benzene rings is 2. The molecule has 5 heteroatoms. The Balaban J connectivity index is 1.62. The van der Waals surface area contributed by atoms with E-state index in [2.05, 4.69) is 15.0 Å². The molecule has 0 saturated carbocycles. The van der Waals surface area contributed by atoms with Gasteiger partial charge in [-0.25, -0.2) is 4.98 Å². The molecule has 4 rings (SSSR count). The van der Waals surface area contributed by atoms with Gasteiger partial charge in [-0.15, -0.1) is 0 Å². The van der Waals surface area contributed by atoms with Gasteiger partial charge in [-0.3, -0.25) is 0 Å². The largest absolute Gasteiger partial charge is 0.457 e. The van der Waals surface area contributed by atoms with Gasteiger partial charge in [-0.1, -0.05) is 12.1 Å². The summed E-state index contributed by atoms with van der Waals surface area (Å²) in [4.78, 5) is 10.5. The van der Waals surface area contributed by atoms with Crippen LogP contribution in [0.3, 0.4) is 0 Å². The topological polar surface area (TPSA) is 73.9 Å². The van der Waals surface area contributed by atoms with Crippen molar-refractivity contribution in [3.05, 3.63) is 66.6 Å². The predicted molar refractivity (Wildman–Crippen MR) is 88.3 cm³/mol. The molecule has 3 N–H and O–H groups in total. The number of hydrogen-bond donors (Lipinski definition) is 3. The molecular formula is C18H15N3O2. The maximum atomic E-state index is 9.12. The molecule has 2 heterocycles. The lowest BCUT2D eigenvalue weighted by Crippen LogP contribution is -1.87. The molecule has 0 aliphatic carbocycles. The number of nitrogens with one attached hydrogen (secondary N) is 2. The molecule has 0 bridgehead atoms. The number of rotatable bonds is 4. The normalized spacial score (nSPS) is 11.0. The average Bonchev–Trinajstić information content (AvgIpc) is 3.24. The van der Waals surface area contributed by atoms with E-state index < -0.39 is 0 Å². The highest BCUT2D eigenvalue weighted by atomic mass is 16.5. The van der Waals surface area contributed by atoms with Crippen LogP contribution in [0, 0.1) is 0 Å². The molecule has 23 heavy (non-hydrogen) atoms. The van der Waals surface area contributed by atoms with Gasteiger partial charge >= 0.3 is 0 Å². The molecular weight excluding hydrogens is 290 g/mol. The van der Waals surface area contributed by atoms with Gasteiger partial charge in [0.1, 0.15) is 17.3 Å². The molecule has 114 valence electrons. The molecule has 0 unspecified atom stereocenters. The molecule has 5 nitrogen and oxygen atoms in total. The minimum Gasteiger partial charge on any atom is -0.457 e. The molecule has 2 aromatic heterocycles. The summed E-state index contributed by atoms with van der Waals surface area (Å²) in [6, 6.07) is 15.6. The fourth-order valence-electron chi connectivity index (χ4n) is 2.52. The predicted octanol–water partition coefficient (Wildman–Crippen LogP) is 3.84. The van der Waals surface area contributed by atoms with Crippen molar-refractivity contribution in [3.63, 3.8) is 0 Å². The SMILES string of the molecule is OCc1cnc(-c2cccc(Oc3ccc4[nH]ccc4c3)c2)[nH]1. The Morgan fingerprint density at radius 3 is 2.83 bits per heavy atom. The fraction of sp³-hybridized carbons (Fsp3) is 0.0556. The number of nitrogens with zero attached hydrogens (tertiary/aromatic N) is 1. The summed E-state index contributed by atoms with van der Waals surface area (Å²) in [7, 11) is 0. The molecule has 2 aromatic carbocycles. The zero-order valence-electron chi connectivity index (χ0n) is 12.3. The zero-order valence-corrected chi connectivity index (χ0v) is 12.3. The number of aromatic nitrogens is 3. The Kier molecular flexibility index (Phi) is 3.33. The van der Waals surface area contributed by atoms with Crippen LogP contribution in [0.15, 0.2) is 60.9 Å². The van der Waals surface area contributed by atoms with E-state index in [0.29, 0.717) is 11.5 Å². The number of fused-ring (bicyclic) bond motifs is 1. The van der Waals surface area contributed by atoms with E-state index in [1.165, 1.54) is 0 Å². The second-order valence-electron chi connectivity index (χ2n) is 5.27. The number of aliphatic hydroxyl groups excluding tert-OH is 1. The molecule has 0 aliphatic rings. The summed E-state index contributed by atoms with van der Waals surface area (Å²) >= 11 is 0. The molecule has 0 spiro atoms. The van der Waals surface area contributed by atoms with Crippen LogP contribution in [-0.2, 0) is 6.61 Å². The Morgan fingerprint density at radius 2 is 1.96 bits per heavy atom. The summed E-state index contributed by atoms with van der Waals surface area (Å²) in [6.45, 7) is -0.0557. The third-order valence-electron chi connectivity index (χ3n) is 3.67. The van der Waals surface area contributed by atoms with Crippen LogP contribution in [0.25, 0.3) is 22.3 Å². The van der Waals surface area contributed by atoms with Gasteiger partial charge in [0, 0.05) is 22.7 Å². The van der Waals surface area contributed by atoms with Gasteiger partial charge < -0.3 is 19.8 Å². The molecule has 0 amide bonds. The van der Waals surface area contributed by atoms with E-state index >= 15 is 0 Å². The van der Waals surface area contributed by atoms with Crippen molar-refractivity contribution in [1.82, 2.24) is 15.0 Å². The number of imidazole rings is 1. The van der Waals surface area contributed by atoms with Crippen molar-refractivity contribution in [1.29, 1.82) is 0 Å². The number of ether oxygens (including phenoxy) is 1. The summed E-state index contributed by atoms with van der Waals surface area (Å²) in [6.07, 6.45) is 3.54. The lowest BCUT2D eigenvalue weighted by atomic mass is 10.2. The fourth-order valence-corrected chi connectivity index (χ4v) is 2.52. The minimum atomic E-state index is -0.0557. The van der Waals surface area contributed by atoms with Gasteiger partial charge in [0.15, 0.2) is 0 Å². The van der Waals surface area contributed by atoms with Crippen LogP contribution in [0.1, 0.15) is 5.69 Å². The molecule has 0 fully saturated rings. The van der Waals surface area contributed by atoms with E-state index in [1.807, 2.05) is 54.7 Å². The van der Waals surface area contributed by atoms with E-state index in [9.17, 15) is 0 Å². The second kappa shape index (κ2) is 5.62. The quantitative estimate of drug-likeness (QED) is 0.536. The van der Waals surface area contributed by atoms with E-state index in [4.69, 9.17) is 9.84 Å². The van der Waals surface area contributed by atoms with E-state index in [-0.39, 0.29) is 6.61 Å². The summed E-state index contributed by atoms with van der Waals surface area (Å²) in [5, 5.41) is 10.2. The van der Waals surface area contributed by atoms with Gasteiger partial charge in [0.2, 0.25) is 0 Å². The molecule has 0 saturated heterocycles. The number of aliphatic hydroxyl groups is 1. The third-order valence-corrected chi connectivity index (χ3v) is 3.67. The van der Waals surface area contributed by atoms with Gasteiger partial charge in [0.05, 0.1) is 18.5 Å². The van der Waals surface area contributed by atoms with Crippen molar-refractivity contribution < 1.29 is 9.84 Å². The summed E-state index contributed by atoms with van der Waals surface area (Å²) in [5.74, 6) is 2.23. The standard InChI is InChI=1S/C18H15N3O2/c22-11-14-10-20-18(21-14)13-2-1-3-15(9-13)23-16-4-5-17-12(8-16)6-7-19-17/h1-10,19,22H,11H2,(H,20,21). The van der Waals surface area contributed by atoms with Gasteiger partial charge in [-0.05, 0) is 36.4 Å². The van der Waals surface area contributed by atoms with Crippen LogP contribution >= 0.6 is 0 Å². The van der Waals surface area contributed by atoms with Crippen LogP contribution in [-0.4, -0.2) is 20.1 Å². The second-order valence-corrected chi connectivity index (χ2v) is 5.27. The highest BCUT2D eigenvalue weighted by Crippen LogP contribution is 2.28. The maximum absolute atomic E-state index is 9.12. The van der Waals surface area contributed by atoms with E-state index in [1.54, 1.807) is 6.20 Å². The van der Waals surface area contributed by atoms with Crippen molar-refractivity contribution in [2.75, 3.05) is 0 Å². The van der Waals surface area contributed by atoms with Crippen molar-refractivity contribution in [3.8, 4) is 22.9 Å². The smallest absolute Gasteiger partial charge is 0.137 e. The molecule has 0 aliphatic heterocycles. The Labute approximate surface area is 132 Å². The number of aromatic amines is 2. The lowest BCUT2D eigenvalue weighted by Gasteiger charge is -2.07. The van der Waals surface area contributed by atoms with Crippen molar-refractivity contribution in [2.45, 2.75) is 6.61 Å². The highest BCUT2D eigenvalue weighted by Gasteiger charge is 2.06. The van der Waals surface area contributed by atoms with Crippen LogP contribution in [0.2, 0.25) is 0 Å². The highest BCUT2D eigenvalue weighted by molar-refractivity contribution is 5.80. The van der Waals surface area contributed by atoms with Crippen molar-refractivity contribution >= 4 is 10.9 Å². The Bertz CT molecular complexity index is 955. The summed E-state index contributed by atoms with van der Waals surface area (Å²) in [5.41, 5.74) is 2.67. The monoisotopic (exact) mass is 305 g/mol. The molecule has 4 aromatic rings. The van der Waals surface area contributed by atoms with E-state index in [0.717, 1.165) is 28.0 Å². The molecule has 0 radical (unpaired) electrons. The number of hydrogen-bond acceptors (Lipinski definition) is 3. The molecule has 0 atom stereocenters. The third kappa shape index (κ3) is 2.69. The summed E-state index contributed by atoms with van der Waals surface area (Å²) < 4.78 is 5.95. The van der Waals surface area contributed by atoms with Crippen molar-refractivity contribution in [2.24, 2.45) is 0 Å². The average molecular weight is 305 g/mol. The first-order valence-electron chi connectivity index (χ1n) is 7.32. The van der Waals surface area contributed by atoms with Crippen LogP contribution in [0.5, 0.6) is 11.5 Å². The first-order valence-corrected chi connectivity index (χ1v) is 7.32. The van der Waals surface area contributed by atoms with Crippen LogP contribution < -0.4 is 4.74 Å². The van der Waals surface area contributed by atoms with Gasteiger partial charge in [0.25, 0.3) is 0 Å². The lowest BCUT2D eigenvalue weighted by molar-refractivity contribution is 0.277. The van der Waals surface area contributed by atoms with Gasteiger partial charge in [-0.2, -0.15) is 0 Å². The maximum Gasteiger partial charge on any atom is 0.137 e. The minimum absolute atomic E-state index is 0.0557. The number of H-pyrrole nitrogens is 2. The first-order chi connectivity index (χ1) is 11.3. The first kappa shape index (κ1) is 13.6. The Morgan fingerprint density at radius 1 is 1.04 bits per heavy atom. The van der Waals surface area contributed by atoms with Crippen LogP contribution in [0.4, 0.5) is 0 Å².